The number of aryl methyl sites for hydroxylation is 1. The van der Waals surface area contributed by atoms with Crippen LogP contribution in [0, 0.1) is 0 Å². The van der Waals surface area contributed by atoms with Gasteiger partial charge in [0.2, 0.25) is 5.91 Å². The Morgan fingerprint density at radius 3 is 2.41 bits per heavy atom. The van der Waals surface area contributed by atoms with E-state index in [1.807, 2.05) is 73.7 Å². The molecule has 0 bridgehead atoms. The highest BCUT2D eigenvalue weighted by molar-refractivity contribution is 6.09. The molecule has 6 nitrogen and oxygen atoms in total. The molecule has 2 atom stereocenters. The molecule has 5 rings (SSSR count). The van der Waals surface area contributed by atoms with E-state index >= 15 is 0 Å². The smallest absolute Gasteiger partial charge is 0.325 e. The number of benzene rings is 3. The van der Waals surface area contributed by atoms with Gasteiger partial charge in [-0.1, -0.05) is 78.9 Å². The SMILES string of the molecule is C[C@@H](NC(=O)CN1C(=O)N[C@@]2(CCCc3ccccc32)C1=O)c1ccc(-c2ccccc2)cc1. The van der Waals surface area contributed by atoms with E-state index in [1.165, 1.54) is 0 Å². The molecular formula is C28H27N3O3. The Labute approximate surface area is 199 Å². The van der Waals surface area contributed by atoms with Crippen molar-refractivity contribution in [2.45, 2.75) is 37.8 Å². The molecule has 1 aliphatic heterocycles. The summed E-state index contributed by atoms with van der Waals surface area (Å²) in [5, 5.41) is 5.82. The topological polar surface area (TPSA) is 78.5 Å². The quantitative estimate of drug-likeness (QED) is 0.565. The second-order valence-corrected chi connectivity index (χ2v) is 9.01. The first-order valence-electron chi connectivity index (χ1n) is 11.7. The number of hydrogen-bond donors (Lipinski definition) is 2. The van der Waals surface area contributed by atoms with Crippen molar-refractivity contribution in [1.29, 1.82) is 0 Å². The first-order chi connectivity index (χ1) is 16.5. The van der Waals surface area contributed by atoms with Crippen LogP contribution in [-0.2, 0) is 21.5 Å². The van der Waals surface area contributed by atoms with Gasteiger partial charge in [0.05, 0.1) is 6.04 Å². The maximum Gasteiger partial charge on any atom is 0.325 e. The van der Waals surface area contributed by atoms with E-state index in [9.17, 15) is 14.4 Å². The molecule has 1 saturated heterocycles. The van der Waals surface area contributed by atoms with E-state index in [2.05, 4.69) is 22.8 Å². The summed E-state index contributed by atoms with van der Waals surface area (Å²) in [4.78, 5) is 40.0. The minimum absolute atomic E-state index is 0.262. The number of amides is 4. The Hall–Kier alpha value is -3.93. The number of carbonyl (C=O) groups is 3. The van der Waals surface area contributed by atoms with Gasteiger partial charge in [-0.15, -0.1) is 0 Å². The maximum atomic E-state index is 13.4. The highest BCUT2D eigenvalue weighted by atomic mass is 16.2. The van der Waals surface area contributed by atoms with Crippen LogP contribution in [0.1, 0.15) is 42.5 Å². The van der Waals surface area contributed by atoms with Crippen LogP contribution in [0.3, 0.4) is 0 Å². The molecule has 1 heterocycles. The normalized spacial score (nSPS) is 20.1. The number of nitrogens with one attached hydrogen (secondary N) is 2. The van der Waals surface area contributed by atoms with Crippen LogP contribution < -0.4 is 10.6 Å². The molecule has 1 aliphatic carbocycles. The first-order valence-corrected chi connectivity index (χ1v) is 11.7. The Kier molecular flexibility index (Phi) is 5.65. The zero-order chi connectivity index (χ0) is 23.7. The van der Waals surface area contributed by atoms with Gasteiger partial charge >= 0.3 is 6.03 Å². The van der Waals surface area contributed by atoms with E-state index in [0.717, 1.165) is 45.6 Å². The van der Waals surface area contributed by atoms with Gasteiger partial charge in [-0.3, -0.25) is 14.5 Å². The highest BCUT2D eigenvalue weighted by Gasteiger charge is 2.54. The van der Waals surface area contributed by atoms with Crippen LogP contribution in [0.4, 0.5) is 4.79 Å². The van der Waals surface area contributed by atoms with Gasteiger partial charge in [-0.25, -0.2) is 4.79 Å². The average molecular weight is 454 g/mol. The first kappa shape index (κ1) is 21.9. The lowest BCUT2D eigenvalue weighted by Crippen LogP contribution is -2.47. The van der Waals surface area contributed by atoms with Crippen LogP contribution in [0.15, 0.2) is 78.9 Å². The van der Waals surface area contributed by atoms with Crippen molar-refractivity contribution < 1.29 is 14.4 Å². The van der Waals surface area contributed by atoms with Crippen molar-refractivity contribution in [3.8, 4) is 11.1 Å². The summed E-state index contributed by atoms with van der Waals surface area (Å²) in [6, 6.07) is 25.0. The van der Waals surface area contributed by atoms with E-state index in [4.69, 9.17) is 0 Å². The molecule has 34 heavy (non-hydrogen) atoms. The fraction of sp³-hybridized carbons (Fsp3) is 0.250. The number of carbonyl (C=O) groups excluding carboxylic acids is 3. The Morgan fingerprint density at radius 1 is 0.971 bits per heavy atom. The van der Waals surface area contributed by atoms with Gasteiger partial charge in [0.25, 0.3) is 5.91 Å². The molecule has 3 aromatic carbocycles. The Balaban J connectivity index is 1.26. The minimum Gasteiger partial charge on any atom is -0.348 e. The van der Waals surface area contributed by atoms with Gasteiger partial charge in [0, 0.05) is 0 Å². The molecule has 0 radical (unpaired) electrons. The lowest BCUT2D eigenvalue weighted by molar-refractivity contribution is -0.135. The van der Waals surface area contributed by atoms with Crippen molar-refractivity contribution in [3.63, 3.8) is 0 Å². The molecule has 2 aliphatic rings. The largest absolute Gasteiger partial charge is 0.348 e. The second-order valence-electron chi connectivity index (χ2n) is 9.01. The summed E-state index contributed by atoms with van der Waals surface area (Å²) in [6.07, 6.45) is 2.22. The van der Waals surface area contributed by atoms with Gasteiger partial charge in [0.15, 0.2) is 0 Å². The van der Waals surface area contributed by atoms with E-state index < -0.39 is 11.6 Å². The molecule has 4 amide bonds. The lowest BCUT2D eigenvalue weighted by Gasteiger charge is -2.33. The fourth-order valence-electron chi connectivity index (χ4n) is 5.06. The van der Waals surface area contributed by atoms with Gasteiger partial charge in [-0.2, -0.15) is 0 Å². The van der Waals surface area contributed by atoms with E-state index in [-0.39, 0.29) is 24.4 Å². The lowest BCUT2D eigenvalue weighted by atomic mass is 9.76. The minimum atomic E-state index is -1.06. The number of urea groups is 1. The predicted molar refractivity (Wildman–Crippen MR) is 130 cm³/mol. The van der Waals surface area contributed by atoms with Crippen LogP contribution >= 0.6 is 0 Å². The molecule has 1 spiro atoms. The second kappa shape index (κ2) is 8.78. The summed E-state index contributed by atoms with van der Waals surface area (Å²) in [5.41, 5.74) is 4.02. The van der Waals surface area contributed by atoms with Crippen LogP contribution in [0.5, 0.6) is 0 Å². The third-order valence-electron chi connectivity index (χ3n) is 6.85. The third kappa shape index (κ3) is 3.85. The van der Waals surface area contributed by atoms with E-state index in [1.54, 1.807) is 0 Å². The predicted octanol–water partition coefficient (Wildman–Crippen LogP) is 4.31. The maximum absolute atomic E-state index is 13.4. The van der Waals surface area contributed by atoms with Crippen molar-refractivity contribution in [3.05, 3.63) is 95.6 Å². The van der Waals surface area contributed by atoms with Crippen LogP contribution in [-0.4, -0.2) is 29.3 Å². The molecule has 1 fully saturated rings. The fourth-order valence-corrected chi connectivity index (χ4v) is 5.06. The standard InChI is InChI=1S/C28H27N3O3/c1-19(20-13-15-22(16-14-20)21-8-3-2-4-9-21)29-25(32)18-31-26(33)28(30-27(31)34)17-7-11-23-10-5-6-12-24(23)28/h2-6,8-10,12-16,19H,7,11,17-18H2,1H3,(H,29,32)(H,30,34)/t19-,28-/m1/s1. The molecular weight excluding hydrogens is 426 g/mol. The summed E-state index contributed by atoms with van der Waals surface area (Å²) in [6.45, 7) is 1.58. The summed E-state index contributed by atoms with van der Waals surface area (Å²) < 4.78 is 0. The molecule has 3 aromatic rings. The number of rotatable bonds is 5. The highest BCUT2D eigenvalue weighted by Crippen LogP contribution is 2.39. The van der Waals surface area contributed by atoms with E-state index in [0.29, 0.717) is 6.42 Å². The molecule has 172 valence electrons. The summed E-state index contributed by atoms with van der Waals surface area (Å²) in [7, 11) is 0. The number of fused-ring (bicyclic) bond motifs is 2. The van der Waals surface area contributed by atoms with Crippen molar-refractivity contribution in [2.75, 3.05) is 6.54 Å². The monoisotopic (exact) mass is 453 g/mol. The van der Waals surface area contributed by atoms with Crippen molar-refractivity contribution in [2.24, 2.45) is 0 Å². The molecule has 2 N–H and O–H groups in total. The van der Waals surface area contributed by atoms with Crippen LogP contribution in [0.25, 0.3) is 11.1 Å². The van der Waals surface area contributed by atoms with Crippen molar-refractivity contribution in [1.82, 2.24) is 15.5 Å². The molecule has 0 aromatic heterocycles. The van der Waals surface area contributed by atoms with Gasteiger partial charge in [0.1, 0.15) is 12.1 Å². The van der Waals surface area contributed by atoms with Crippen molar-refractivity contribution >= 4 is 17.8 Å². The van der Waals surface area contributed by atoms with Gasteiger partial charge < -0.3 is 10.6 Å². The Bertz CT molecular complexity index is 1240. The van der Waals surface area contributed by atoms with Crippen LogP contribution in [0.2, 0.25) is 0 Å². The molecule has 0 unspecified atom stereocenters. The average Bonchev–Trinajstić information content (AvgIpc) is 3.09. The number of nitrogens with zero attached hydrogens (tertiary/aromatic N) is 1. The summed E-state index contributed by atoms with van der Waals surface area (Å²) in [5.74, 6) is -0.719. The number of hydrogen-bond acceptors (Lipinski definition) is 3. The molecule has 0 saturated carbocycles. The zero-order valence-electron chi connectivity index (χ0n) is 19.1. The Morgan fingerprint density at radius 2 is 1.65 bits per heavy atom. The summed E-state index contributed by atoms with van der Waals surface area (Å²) >= 11 is 0. The third-order valence-corrected chi connectivity index (χ3v) is 6.85. The zero-order valence-corrected chi connectivity index (χ0v) is 19.1. The van der Waals surface area contributed by atoms with Gasteiger partial charge in [-0.05, 0) is 54.0 Å². The molecule has 6 heteroatoms. The number of imide groups is 1.